The molecular formula is C20H25F3N2O4. The zero-order valence-electron chi connectivity index (χ0n) is 16.1. The van der Waals surface area contributed by atoms with E-state index in [1.165, 1.54) is 12.1 Å². The Morgan fingerprint density at radius 3 is 2.28 bits per heavy atom. The first-order chi connectivity index (χ1) is 13.6. The third kappa shape index (κ3) is 11.3. The van der Waals surface area contributed by atoms with Crippen LogP contribution in [0.4, 0.5) is 18.0 Å². The highest BCUT2D eigenvalue weighted by Gasteiger charge is 2.30. The Labute approximate surface area is 168 Å². The molecule has 29 heavy (non-hydrogen) atoms. The van der Waals surface area contributed by atoms with Crippen molar-refractivity contribution in [1.29, 1.82) is 0 Å². The van der Waals surface area contributed by atoms with Gasteiger partial charge in [-0.05, 0) is 43.9 Å². The number of unbranched alkanes of at least 4 members (excludes halogenated alkanes) is 1. The van der Waals surface area contributed by atoms with Gasteiger partial charge >= 0.3 is 18.2 Å². The van der Waals surface area contributed by atoms with E-state index in [0.717, 1.165) is 17.8 Å². The molecule has 160 valence electrons. The van der Waals surface area contributed by atoms with E-state index < -0.39 is 29.8 Å². The van der Waals surface area contributed by atoms with E-state index in [2.05, 4.69) is 30.1 Å². The van der Waals surface area contributed by atoms with Crippen molar-refractivity contribution in [3.05, 3.63) is 47.7 Å². The van der Waals surface area contributed by atoms with E-state index in [1.807, 2.05) is 6.92 Å². The lowest BCUT2D eigenvalue weighted by atomic mass is 10.1. The molecule has 0 heterocycles. The molecule has 1 aromatic rings. The summed E-state index contributed by atoms with van der Waals surface area (Å²) in [6, 6.07) is 3.05. The van der Waals surface area contributed by atoms with Gasteiger partial charge in [-0.3, -0.25) is 0 Å². The topological polar surface area (TPSA) is 87.7 Å². The normalized spacial score (nSPS) is 11.4. The minimum absolute atomic E-state index is 0.225. The molecule has 0 saturated carbocycles. The lowest BCUT2D eigenvalue weighted by Gasteiger charge is -2.15. The maximum atomic E-state index is 12.5. The van der Waals surface area contributed by atoms with Gasteiger partial charge in [-0.25, -0.2) is 9.59 Å². The van der Waals surface area contributed by atoms with Crippen LogP contribution in [0, 0.1) is 12.8 Å². The average Bonchev–Trinajstić information content (AvgIpc) is 2.66. The Balaban J connectivity index is 0.00000379. The molecule has 0 unspecified atom stereocenters. The summed E-state index contributed by atoms with van der Waals surface area (Å²) >= 11 is 0. The first kappa shape index (κ1) is 25.9. The van der Waals surface area contributed by atoms with Gasteiger partial charge in [0.1, 0.15) is 12.6 Å². The molecule has 0 bridgehead atoms. The molecule has 3 N–H and O–H groups in total. The Morgan fingerprint density at radius 2 is 1.79 bits per heavy atom. The van der Waals surface area contributed by atoms with Gasteiger partial charge in [0.2, 0.25) is 0 Å². The molecular weight excluding hydrogens is 389 g/mol. The van der Waals surface area contributed by atoms with Crippen molar-refractivity contribution < 1.29 is 32.6 Å². The molecule has 0 aromatic heterocycles. The zero-order chi connectivity index (χ0) is 22.4. The smallest absolute Gasteiger partial charge is 0.416 e. The fourth-order valence-corrected chi connectivity index (χ4v) is 2.16. The average molecular weight is 414 g/mol. The van der Waals surface area contributed by atoms with Gasteiger partial charge in [0.05, 0.1) is 5.56 Å². The summed E-state index contributed by atoms with van der Waals surface area (Å²) in [6.45, 7) is 5.88. The summed E-state index contributed by atoms with van der Waals surface area (Å²) in [7, 11) is 0. The number of alkyl carbamates (subject to hydrolysis) is 1. The summed E-state index contributed by atoms with van der Waals surface area (Å²) in [6.07, 6.45) is 4.12. The second-order valence-electron chi connectivity index (χ2n) is 6.01. The summed E-state index contributed by atoms with van der Waals surface area (Å²) in [4.78, 5) is 22.9. The largest absolute Gasteiger partial charge is 0.480 e. The van der Waals surface area contributed by atoms with Crippen molar-refractivity contribution in [3.63, 3.8) is 0 Å². The van der Waals surface area contributed by atoms with E-state index in [-0.39, 0.29) is 13.0 Å². The Morgan fingerprint density at radius 1 is 1.21 bits per heavy atom. The van der Waals surface area contributed by atoms with E-state index in [4.69, 9.17) is 9.84 Å². The van der Waals surface area contributed by atoms with Gasteiger partial charge in [0.25, 0.3) is 0 Å². The molecule has 0 aliphatic carbocycles. The highest BCUT2D eigenvalue weighted by Crippen LogP contribution is 2.29. The van der Waals surface area contributed by atoms with E-state index in [9.17, 15) is 22.8 Å². The molecule has 1 atom stereocenters. The third-order valence-corrected chi connectivity index (χ3v) is 3.59. The van der Waals surface area contributed by atoms with Crippen LogP contribution in [0.2, 0.25) is 0 Å². The number of carbonyl (C=O) groups excluding carboxylic acids is 1. The Hall–Kier alpha value is -3.15. The van der Waals surface area contributed by atoms with Crippen molar-refractivity contribution in [2.24, 2.45) is 0 Å². The minimum Gasteiger partial charge on any atom is -0.480 e. The molecule has 9 heteroatoms. The van der Waals surface area contributed by atoms with E-state index in [0.29, 0.717) is 24.9 Å². The second-order valence-corrected chi connectivity index (χ2v) is 6.01. The minimum atomic E-state index is -4.44. The molecule has 0 radical (unpaired) electrons. The number of aliphatic carboxylic acids is 1. The standard InChI is InChI=1S/C18H23F3N2O4.C2H2/c1-12(2)22-10-4-3-5-15(16(24)25)23-17(26)27-11-13-6-8-14(9-7-13)18(19,20)21;1-2/h6-9,15,22H,1,3-5,10-11H2,2H3,(H,23,26)(H,24,25);1-2H/t15-;/m0./s1. The summed E-state index contributed by atoms with van der Waals surface area (Å²) in [5.74, 6) is -1.19. The van der Waals surface area contributed by atoms with Gasteiger partial charge in [-0.2, -0.15) is 13.2 Å². The first-order valence-corrected chi connectivity index (χ1v) is 8.64. The molecule has 0 aliphatic heterocycles. The van der Waals surface area contributed by atoms with Crippen LogP contribution in [-0.2, 0) is 22.3 Å². The van der Waals surface area contributed by atoms with Crippen LogP contribution in [0.15, 0.2) is 36.5 Å². The predicted octanol–water partition coefficient (Wildman–Crippen LogP) is 3.93. The van der Waals surface area contributed by atoms with Crippen LogP contribution in [0.1, 0.15) is 37.3 Å². The maximum absolute atomic E-state index is 12.5. The number of carboxylic acids is 1. The number of halogens is 3. The molecule has 0 aliphatic rings. The Kier molecular flexibility index (Phi) is 11.7. The predicted molar refractivity (Wildman–Crippen MR) is 103 cm³/mol. The van der Waals surface area contributed by atoms with E-state index in [1.54, 1.807) is 0 Å². The number of alkyl halides is 3. The molecule has 0 spiro atoms. The molecule has 1 rings (SSSR count). The van der Waals surface area contributed by atoms with Crippen LogP contribution < -0.4 is 10.6 Å². The maximum Gasteiger partial charge on any atom is 0.416 e. The van der Waals surface area contributed by atoms with Crippen LogP contribution in [0.3, 0.4) is 0 Å². The lowest BCUT2D eigenvalue weighted by molar-refractivity contribution is -0.139. The number of carboxylic acid groups (broad SMARTS) is 1. The summed E-state index contributed by atoms with van der Waals surface area (Å²) < 4.78 is 42.3. The Bertz CT molecular complexity index is 685. The summed E-state index contributed by atoms with van der Waals surface area (Å²) in [5.41, 5.74) is 0.369. The molecule has 0 saturated heterocycles. The van der Waals surface area contributed by atoms with Gasteiger partial charge in [0.15, 0.2) is 0 Å². The highest BCUT2D eigenvalue weighted by molar-refractivity contribution is 5.79. The van der Waals surface area contributed by atoms with Gasteiger partial charge in [-0.15, -0.1) is 12.8 Å². The monoisotopic (exact) mass is 414 g/mol. The number of hydrogen-bond acceptors (Lipinski definition) is 4. The number of carbonyl (C=O) groups is 2. The fourth-order valence-electron chi connectivity index (χ4n) is 2.16. The van der Waals surface area contributed by atoms with Crippen molar-refractivity contribution in [3.8, 4) is 12.8 Å². The van der Waals surface area contributed by atoms with Crippen molar-refractivity contribution in [1.82, 2.24) is 10.6 Å². The quantitative estimate of drug-likeness (QED) is 0.399. The van der Waals surface area contributed by atoms with Crippen LogP contribution in [0.25, 0.3) is 0 Å². The SMILES string of the molecule is C#C.C=C(C)NCCCC[C@H](NC(=O)OCc1ccc(C(F)(F)F)cc1)C(=O)O. The molecule has 1 aromatic carbocycles. The number of terminal acetylenes is 1. The number of allylic oxidation sites excluding steroid dienone is 1. The third-order valence-electron chi connectivity index (χ3n) is 3.59. The molecule has 6 nitrogen and oxygen atoms in total. The van der Waals surface area contributed by atoms with E-state index >= 15 is 0 Å². The number of nitrogens with one attached hydrogen (secondary N) is 2. The lowest BCUT2D eigenvalue weighted by Crippen LogP contribution is -2.41. The van der Waals surface area contributed by atoms with Crippen molar-refractivity contribution >= 4 is 12.1 Å². The number of hydrogen-bond donors (Lipinski definition) is 3. The number of benzene rings is 1. The van der Waals surface area contributed by atoms with Gasteiger partial charge in [0, 0.05) is 12.2 Å². The number of amides is 1. The fraction of sp³-hybridized carbons (Fsp3) is 0.400. The number of rotatable bonds is 10. The highest BCUT2D eigenvalue weighted by atomic mass is 19.4. The second kappa shape index (κ2) is 13.1. The number of ether oxygens (including phenoxy) is 1. The van der Waals surface area contributed by atoms with Crippen LogP contribution >= 0.6 is 0 Å². The first-order valence-electron chi connectivity index (χ1n) is 8.64. The summed E-state index contributed by atoms with van der Waals surface area (Å²) in [5, 5.41) is 14.4. The van der Waals surface area contributed by atoms with Crippen LogP contribution in [-0.4, -0.2) is 29.8 Å². The van der Waals surface area contributed by atoms with Crippen molar-refractivity contribution in [2.75, 3.05) is 6.54 Å². The van der Waals surface area contributed by atoms with Crippen molar-refractivity contribution in [2.45, 2.75) is 45.0 Å². The zero-order valence-corrected chi connectivity index (χ0v) is 16.1. The van der Waals surface area contributed by atoms with Gasteiger partial charge < -0.3 is 20.5 Å². The van der Waals surface area contributed by atoms with Crippen LogP contribution in [0.5, 0.6) is 0 Å². The molecule has 0 fully saturated rings. The van der Waals surface area contributed by atoms with Gasteiger partial charge in [-0.1, -0.05) is 18.7 Å². The molecule has 1 amide bonds.